The van der Waals surface area contributed by atoms with Crippen molar-refractivity contribution in [3.05, 3.63) is 94.8 Å². The maximum absolute atomic E-state index is 14.2. The summed E-state index contributed by atoms with van der Waals surface area (Å²) >= 11 is 0. The molecule has 6 rings (SSSR count). The molecule has 184 valence electrons. The summed E-state index contributed by atoms with van der Waals surface area (Å²) in [4.78, 5) is 27.8. The van der Waals surface area contributed by atoms with Gasteiger partial charge in [0.05, 0.1) is 5.56 Å². The van der Waals surface area contributed by atoms with Gasteiger partial charge in [-0.15, -0.1) is 0 Å². The summed E-state index contributed by atoms with van der Waals surface area (Å²) in [5, 5.41) is 0. The molecule has 2 atom stereocenters. The fourth-order valence-electron chi connectivity index (χ4n) is 6.34. The number of Topliss-reactive ketones (excluding diaryl/α,β-unsaturated/α-hetero) is 1. The minimum atomic E-state index is -1.19. The average molecular weight is 492 g/mol. The number of rotatable bonds is 4. The summed E-state index contributed by atoms with van der Waals surface area (Å²) in [6.07, 6.45) is 1.58. The largest absolute Gasteiger partial charge is 0.448 e. The van der Waals surface area contributed by atoms with E-state index in [2.05, 4.69) is 24.3 Å². The second-order valence-corrected chi connectivity index (χ2v) is 9.87. The lowest BCUT2D eigenvalue weighted by atomic mass is 9.84. The molecule has 2 bridgehead atoms. The second kappa shape index (κ2) is 8.80. The molecule has 2 unspecified atom stereocenters. The molecule has 36 heavy (non-hydrogen) atoms. The first-order chi connectivity index (χ1) is 17.4. The summed E-state index contributed by atoms with van der Waals surface area (Å²) in [6.45, 7) is 0.206. The molecule has 3 aliphatic rings. The Balaban J connectivity index is 1.16. The molecule has 0 radical (unpaired) electrons. The molecule has 1 amide bonds. The van der Waals surface area contributed by atoms with Crippen molar-refractivity contribution in [2.75, 3.05) is 6.61 Å². The van der Waals surface area contributed by atoms with E-state index in [1.165, 1.54) is 0 Å². The first-order valence-electron chi connectivity index (χ1n) is 12.2. The van der Waals surface area contributed by atoms with Gasteiger partial charge < -0.3 is 9.64 Å². The van der Waals surface area contributed by atoms with E-state index >= 15 is 0 Å². The Hall–Kier alpha value is -3.61. The Labute approximate surface area is 206 Å². The van der Waals surface area contributed by atoms with Crippen molar-refractivity contribution in [1.29, 1.82) is 0 Å². The Bertz CT molecular complexity index is 1290. The normalized spacial score (nSPS) is 22.3. The van der Waals surface area contributed by atoms with E-state index in [1.807, 2.05) is 24.3 Å². The molecular weight excluding hydrogens is 467 g/mol. The van der Waals surface area contributed by atoms with Gasteiger partial charge in [0.15, 0.2) is 5.78 Å². The van der Waals surface area contributed by atoms with Crippen molar-refractivity contribution in [3.63, 3.8) is 0 Å². The summed E-state index contributed by atoms with van der Waals surface area (Å²) in [7, 11) is 0. The minimum absolute atomic E-state index is 0.0532. The molecule has 2 fully saturated rings. The maximum Gasteiger partial charge on any atom is 0.410 e. The van der Waals surface area contributed by atoms with Gasteiger partial charge in [0, 0.05) is 36.1 Å². The van der Waals surface area contributed by atoms with Crippen LogP contribution >= 0.6 is 0 Å². The van der Waals surface area contributed by atoms with E-state index in [-0.39, 0.29) is 24.6 Å². The lowest BCUT2D eigenvalue weighted by Crippen LogP contribution is -2.48. The Kier molecular flexibility index (Phi) is 5.58. The fraction of sp³-hybridized carbons (Fsp3) is 0.310. The van der Waals surface area contributed by atoms with Crippen molar-refractivity contribution >= 4 is 11.9 Å². The van der Waals surface area contributed by atoms with Crippen molar-refractivity contribution in [1.82, 2.24) is 4.90 Å². The summed E-state index contributed by atoms with van der Waals surface area (Å²) in [5.41, 5.74) is 3.85. The third-order valence-electron chi connectivity index (χ3n) is 7.90. The van der Waals surface area contributed by atoms with Crippen LogP contribution in [0.15, 0.2) is 60.7 Å². The third kappa shape index (κ3) is 3.69. The topological polar surface area (TPSA) is 46.6 Å². The highest BCUT2D eigenvalue weighted by Crippen LogP contribution is 2.45. The van der Waals surface area contributed by atoms with E-state index in [1.54, 1.807) is 4.90 Å². The number of piperidine rings is 1. The van der Waals surface area contributed by atoms with Gasteiger partial charge in [-0.25, -0.2) is 18.0 Å². The number of carbonyl (C=O) groups is 2. The van der Waals surface area contributed by atoms with Crippen LogP contribution in [-0.4, -0.2) is 35.5 Å². The Morgan fingerprint density at radius 2 is 1.36 bits per heavy atom. The number of ketones is 1. The van der Waals surface area contributed by atoms with Gasteiger partial charge in [-0.05, 0) is 47.9 Å². The Morgan fingerprint density at radius 3 is 1.92 bits per heavy atom. The van der Waals surface area contributed by atoms with E-state index < -0.39 is 40.8 Å². The molecule has 0 spiro atoms. The van der Waals surface area contributed by atoms with Crippen molar-refractivity contribution in [2.24, 2.45) is 5.92 Å². The average Bonchev–Trinajstić information content (AvgIpc) is 3.32. The molecule has 0 saturated carbocycles. The van der Waals surface area contributed by atoms with Crippen LogP contribution in [0, 0.1) is 23.4 Å². The quantitative estimate of drug-likeness (QED) is 0.393. The number of hydrogen-bond acceptors (Lipinski definition) is 3. The lowest BCUT2D eigenvalue weighted by molar-refractivity contribution is 0.0502. The summed E-state index contributed by atoms with van der Waals surface area (Å²) < 4.78 is 47.5. The number of carbonyl (C=O) groups excluding carboxylic acids is 2. The van der Waals surface area contributed by atoms with Crippen LogP contribution in [0.1, 0.15) is 53.1 Å². The van der Waals surface area contributed by atoms with E-state index in [4.69, 9.17) is 4.74 Å². The van der Waals surface area contributed by atoms with Crippen molar-refractivity contribution in [2.45, 2.75) is 43.7 Å². The summed E-state index contributed by atoms with van der Waals surface area (Å²) in [5.74, 6) is -4.80. The van der Waals surface area contributed by atoms with Gasteiger partial charge in [-0.1, -0.05) is 48.5 Å². The van der Waals surface area contributed by atoms with Crippen LogP contribution < -0.4 is 0 Å². The zero-order valence-electron chi connectivity index (χ0n) is 19.4. The molecular formula is C29H24F3NO3. The first-order valence-corrected chi connectivity index (χ1v) is 12.2. The van der Waals surface area contributed by atoms with E-state index in [0.29, 0.717) is 37.8 Å². The van der Waals surface area contributed by atoms with Gasteiger partial charge >= 0.3 is 6.09 Å². The minimum Gasteiger partial charge on any atom is -0.448 e. The predicted molar refractivity (Wildman–Crippen MR) is 127 cm³/mol. The molecule has 2 heterocycles. The molecule has 4 nitrogen and oxygen atoms in total. The predicted octanol–water partition coefficient (Wildman–Crippen LogP) is 6.48. The molecule has 2 saturated heterocycles. The van der Waals surface area contributed by atoms with E-state index in [9.17, 15) is 22.8 Å². The van der Waals surface area contributed by atoms with Gasteiger partial charge in [0.1, 0.15) is 24.1 Å². The number of halogens is 3. The highest BCUT2D eigenvalue weighted by atomic mass is 19.1. The first kappa shape index (κ1) is 22.8. The molecule has 3 aromatic carbocycles. The lowest BCUT2D eigenvalue weighted by Gasteiger charge is -2.37. The van der Waals surface area contributed by atoms with Crippen molar-refractivity contribution < 1.29 is 27.5 Å². The molecule has 0 aromatic heterocycles. The van der Waals surface area contributed by atoms with Gasteiger partial charge in [-0.2, -0.15) is 0 Å². The van der Waals surface area contributed by atoms with Crippen LogP contribution in [0.5, 0.6) is 0 Å². The third-order valence-corrected chi connectivity index (χ3v) is 7.90. The molecule has 3 aromatic rings. The number of nitrogens with zero attached hydrogens (tertiary/aromatic N) is 1. The monoisotopic (exact) mass is 491 g/mol. The molecule has 7 heteroatoms. The zero-order valence-corrected chi connectivity index (χ0v) is 19.4. The number of ether oxygens (including phenoxy) is 1. The number of amides is 1. The zero-order chi connectivity index (χ0) is 25.0. The SMILES string of the molecule is O=C(c1c(F)cc(F)cc1F)C1CC2CCC(C1)N2C(=O)OCC1c2ccccc2-c2ccccc21. The van der Waals surface area contributed by atoms with Crippen LogP contribution in [0.25, 0.3) is 11.1 Å². The standard InChI is InChI=1S/C29H24F3NO3/c30-17-13-25(31)27(26(32)14-17)28(34)16-11-18-9-10-19(12-16)33(18)29(35)36-15-24-22-7-3-1-5-20(22)21-6-2-4-8-23(21)24/h1-8,13-14,16,18-19,24H,9-12,15H2. The number of hydrogen-bond donors (Lipinski definition) is 0. The smallest absolute Gasteiger partial charge is 0.410 e. The van der Waals surface area contributed by atoms with Crippen LogP contribution in [0.3, 0.4) is 0 Å². The van der Waals surface area contributed by atoms with Crippen molar-refractivity contribution in [3.8, 4) is 11.1 Å². The van der Waals surface area contributed by atoms with E-state index in [0.717, 1.165) is 22.3 Å². The highest BCUT2D eigenvalue weighted by molar-refractivity contribution is 5.98. The van der Waals surface area contributed by atoms with Crippen LogP contribution in [0.2, 0.25) is 0 Å². The highest BCUT2D eigenvalue weighted by Gasteiger charge is 2.47. The number of benzene rings is 3. The maximum atomic E-state index is 14.2. The molecule has 0 N–H and O–H groups in total. The fourth-order valence-corrected chi connectivity index (χ4v) is 6.34. The van der Waals surface area contributed by atoms with Gasteiger partial charge in [0.2, 0.25) is 0 Å². The molecule has 1 aliphatic carbocycles. The number of fused-ring (bicyclic) bond motifs is 5. The summed E-state index contributed by atoms with van der Waals surface area (Å²) in [6, 6.07) is 16.8. The second-order valence-electron chi connectivity index (χ2n) is 9.87. The van der Waals surface area contributed by atoms with Crippen LogP contribution in [-0.2, 0) is 4.74 Å². The molecule has 2 aliphatic heterocycles. The Morgan fingerprint density at radius 1 is 0.833 bits per heavy atom. The van der Waals surface area contributed by atoms with Crippen LogP contribution in [0.4, 0.5) is 18.0 Å². The van der Waals surface area contributed by atoms with Gasteiger partial charge in [-0.3, -0.25) is 4.79 Å². The van der Waals surface area contributed by atoms with Gasteiger partial charge in [0.25, 0.3) is 0 Å².